The lowest BCUT2D eigenvalue weighted by atomic mass is 9.90. The number of para-hydroxylation sites is 1. The fourth-order valence-corrected chi connectivity index (χ4v) is 4.15. The second kappa shape index (κ2) is 10.2. The number of nitrogens with zero attached hydrogens (tertiary/aromatic N) is 3. The van der Waals surface area contributed by atoms with E-state index in [0.29, 0.717) is 5.82 Å². The van der Waals surface area contributed by atoms with Crippen LogP contribution in [-0.4, -0.2) is 33.2 Å². The van der Waals surface area contributed by atoms with Gasteiger partial charge >= 0.3 is 5.97 Å². The number of hydrogen-bond donors (Lipinski definition) is 1. The van der Waals surface area contributed by atoms with Crippen molar-refractivity contribution in [2.45, 2.75) is 12.8 Å². The van der Waals surface area contributed by atoms with E-state index in [4.69, 9.17) is 9.72 Å². The Morgan fingerprint density at radius 3 is 2.17 bits per heavy atom. The van der Waals surface area contributed by atoms with Crippen LogP contribution in [0.15, 0.2) is 103 Å². The number of anilines is 1. The molecule has 3 aromatic carbocycles. The van der Waals surface area contributed by atoms with E-state index >= 15 is 0 Å². The largest absolute Gasteiger partial charge is 0.462 e. The maximum Gasteiger partial charge on any atom is 0.343 e. The van der Waals surface area contributed by atoms with Crippen LogP contribution in [0.2, 0.25) is 0 Å². The molecule has 5 rings (SSSR count). The van der Waals surface area contributed by atoms with E-state index in [1.165, 1.54) is 10.9 Å². The van der Waals surface area contributed by atoms with E-state index in [2.05, 4.69) is 10.4 Å². The average Bonchev–Trinajstić information content (AvgIpc) is 3.33. The zero-order valence-electron chi connectivity index (χ0n) is 19.7. The van der Waals surface area contributed by atoms with Crippen molar-refractivity contribution >= 4 is 28.6 Å². The summed E-state index contributed by atoms with van der Waals surface area (Å²) in [5.74, 6) is -0.805. The zero-order valence-corrected chi connectivity index (χ0v) is 19.7. The Bertz CT molecular complexity index is 1470. The summed E-state index contributed by atoms with van der Waals surface area (Å²) in [6, 6.07) is 30.4. The third-order valence-electron chi connectivity index (χ3n) is 5.83. The molecule has 178 valence electrons. The Labute approximate surface area is 208 Å². The van der Waals surface area contributed by atoms with Crippen molar-refractivity contribution in [3.05, 3.63) is 120 Å². The minimum absolute atomic E-state index is 0.153. The Morgan fingerprint density at radius 2 is 1.50 bits per heavy atom. The number of pyridine rings is 1. The van der Waals surface area contributed by atoms with Gasteiger partial charge in [-0.25, -0.2) is 9.78 Å². The maximum atomic E-state index is 13.8. The highest BCUT2D eigenvalue weighted by molar-refractivity contribution is 6.03. The van der Waals surface area contributed by atoms with Crippen molar-refractivity contribution < 1.29 is 14.3 Å². The molecule has 0 atom stereocenters. The van der Waals surface area contributed by atoms with Gasteiger partial charge in [0, 0.05) is 5.39 Å². The van der Waals surface area contributed by atoms with Gasteiger partial charge in [-0.05, 0) is 36.2 Å². The summed E-state index contributed by atoms with van der Waals surface area (Å²) in [6.07, 6.45) is 1.39. The molecule has 0 bridgehead atoms. The molecule has 2 aromatic heterocycles. The highest BCUT2D eigenvalue weighted by Gasteiger charge is 2.27. The molecule has 7 heteroatoms. The van der Waals surface area contributed by atoms with Crippen LogP contribution in [0.5, 0.6) is 0 Å². The van der Waals surface area contributed by atoms with Gasteiger partial charge in [-0.1, -0.05) is 78.9 Å². The molecule has 2 heterocycles. The lowest BCUT2D eigenvalue weighted by Gasteiger charge is -2.19. The fraction of sp³-hybridized carbons (Fsp3) is 0.103. The van der Waals surface area contributed by atoms with Gasteiger partial charge in [0.15, 0.2) is 11.6 Å². The summed E-state index contributed by atoms with van der Waals surface area (Å²) in [4.78, 5) is 31.3. The highest BCUT2D eigenvalue weighted by atomic mass is 16.5. The highest BCUT2D eigenvalue weighted by Crippen LogP contribution is 2.28. The normalized spacial score (nSPS) is 10.9. The fourth-order valence-electron chi connectivity index (χ4n) is 4.15. The molecule has 0 aliphatic rings. The third-order valence-corrected chi connectivity index (χ3v) is 5.83. The first-order valence-electron chi connectivity index (χ1n) is 11.7. The standard InChI is InChI=1S/C29H24N4O3/c1-2-36-29(35)23-19-30-33(25-18-17-20-11-9-10-16-24(20)31-25)27(23)32-28(34)26(21-12-5-3-6-13-21)22-14-7-4-8-15-22/h3-19,26H,2H2,1H3,(H,32,34). The van der Waals surface area contributed by atoms with Crippen LogP contribution in [0.4, 0.5) is 5.82 Å². The lowest BCUT2D eigenvalue weighted by Crippen LogP contribution is -2.25. The number of benzene rings is 3. The topological polar surface area (TPSA) is 86.1 Å². The van der Waals surface area contributed by atoms with Gasteiger partial charge in [0.05, 0.1) is 24.2 Å². The van der Waals surface area contributed by atoms with Crippen molar-refractivity contribution in [1.82, 2.24) is 14.8 Å². The predicted molar refractivity (Wildman–Crippen MR) is 138 cm³/mol. The van der Waals surface area contributed by atoms with Crippen molar-refractivity contribution in [2.24, 2.45) is 0 Å². The zero-order chi connectivity index (χ0) is 24.9. The van der Waals surface area contributed by atoms with Crippen LogP contribution in [0.25, 0.3) is 16.7 Å². The number of carbonyl (C=O) groups is 2. The lowest BCUT2D eigenvalue weighted by molar-refractivity contribution is -0.116. The molecule has 0 spiro atoms. The first kappa shape index (κ1) is 23.0. The van der Waals surface area contributed by atoms with Gasteiger partial charge in [-0.3, -0.25) is 4.79 Å². The SMILES string of the molecule is CCOC(=O)c1cnn(-c2ccc3ccccc3n2)c1NC(=O)C(c1ccccc1)c1ccccc1. The molecule has 0 aliphatic carbocycles. The monoisotopic (exact) mass is 476 g/mol. The number of aromatic nitrogens is 3. The Hall–Kier alpha value is -4.78. The van der Waals surface area contributed by atoms with E-state index in [0.717, 1.165) is 22.0 Å². The maximum absolute atomic E-state index is 13.8. The molecule has 7 nitrogen and oxygen atoms in total. The van der Waals surface area contributed by atoms with Crippen LogP contribution in [0.3, 0.4) is 0 Å². The number of hydrogen-bond acceptors (Lipinski definition) is 5. The molecule has 1 amide bonds. The van der Waals surface area contributed by atoms with Crippen molar-refractivity contribution in [2.75, 3.05) is 11.9 Å². The Morgan fingerprint density at radius 1 is 0.861 bits per heavy atom. The van der Waals surface area contributed by atoms with Gasteiger partial charge in [0.1, 0.15) is 5.56 Å². The number of ether oxygens (including phenoxy) is 1. The van der Waals surface area contributed by atoms with E-state index < -0.39 is 11.9 Å². The van der Waals surface area contributed by atoms with E-state index in [9.17, 15) is 9.59 Å². The summed E-state index contributed by atoms with van der Waals surface area (Å²) >= 11 is 0. The molecule has 1 N–H and O–H groups in total. The summed E-state index contributed by atoms with van der Waals surface area (Å²) in [6.45, 7) is 1.93. The first-order chi connectivity index (χ1) is 17.7. The number of fused-ring (bicyclic) bond motifs is 1. The molecule has 0 aliphatic heterocycles. The molecule has 0 saturated heterocycles. The second-order valence-electron chi connectivity index (χ2n) is 8.14. The van der Waals surface area contributed by atoms with Crippen LogP contribution >= 0.6 is 0 Å². The molecule has 36 heavy (non-hydrogen) atoms. The smallest absolute Gasteiger partial charge is 0.343 e. The Balaban J connectivity index is 1.59. The molecule has 0 radical (unpaired) electrons. The average molecular weight is 477 g/mol. The Kier molecular flexibility index (Phi) is 6.53. The number of amides is 1. The van der Waals surface area contributed by atoms with Gasteiger partial charge < -0.3 is 10.1 Å². The predicted octanol–water partition coefficient (Wildman–Crippen LogP) is 5.37. The summed E-state index contributed by atoms with van der Waals surface area (Å²) in [5.41, 5.74) is 2.58. The van der Waals surface area contributed by atoms with Crippen LogP contribution < -0.4 is 5.32 Å². The number of esters is 1. The van der Waals surface area contributed by atoms with Crippen molar-refractivity contribution in [1.29, 1.82) is 0 Å². The third kappa shape index (κ3) is 4.59. The van der Waals surface area contributed by atoms with Crippen LogP contribution in [0.1, 0.15) is 34.3 Å². The minimum atomic E-state index is -0.602. The summed E-state index contributed by atoms with van der Waals surface area (Å²) in [5, 5.41) is 8.33. The molecule has 0 saturated carbocycles. The van der Waals surface area contributed by atoms with Crippen molar-refractivity contribution in [3.8, 4) is 5.82 Å². The van der Waals surface area contributed by atoms with Gasteiger partial charge in [0.25, 0.3) is 0 Å². The van der Waals surface area contributed by atoms with E-state index in [1.54, 1.807) is 13.0 Å². The van der Waals surface area contributed by atoms with E-state index in [1.807, 2.05) is 91.0 Å². The van der Waals surface area contributed by atoms with Gasteiger partial charge in [0.2, 0.25) is 5.91 Å². The second-order valence-corrected chi connectivity index (χ2v) is 8.14. The molecule has 0 fully saturated rings. The van der Waals surface area contributed by atoms with Gasteiger partial charge in [-0.2, -0.15) is 9.78 Å². The molecule has 5 aromatic rings. The summed E-state index contributed by atoms with van der Waals surface area (Å²) in [7, 11) is 0. The summed E-state index contributed by atoms with van der Waals surface area (Å²) < 4.78 is 6.70. The molecule has 0 unspecified atom stereocenters. The van der Waals surface area contributed by atoms with Crippen molar-refractivity contribution in [3.63, 3.8) is 0 Å². The van der Waals surface area contributed by atoms with Gasteiger partial charge in [-0.15, -0.1) is 0 Å². The minimum Gasteiger partial charge on any atom is -0.462 e. The quantitative estimate of drug-likeness (QED) is 0.319. The number of nitrogens with one attached hydrogen (secondary N) is 1. The van der Waals surface area contributed by atoms with Crippen LogP contribution in [0, 0.1) is 0 Å². The number of carbonyl (C=O) groups excluding carboxylic acids is 2. The molecular weight excluding hydrogens is 452 g/mol. The molecular formula is C29H24N4O3. The van der Waals surface area contributed by atoms with Crippen LogP contribution in [-0.2, 0) is 9.53 Å². The van der Waals surface area contributed by atoms with E-state index in [-0.39, 0.29) is 23.9 Å². The first-order valence-corrected chi connectivity index (χ1v) is 11.7. The number of rotatable bonds is 7.